The standard InChI is InChI=1S/C15H31NSi/c1-5-17(6-2)15(14(3)4)13-16-11-9-7-8-10-12-16/h15,17H,3,5-13H2,1-2,4H3. The van der Waals surface area contributed by atoms with E-state index >= 15 is 0 Å². The van der Waals surface area contributed by atoms with Crippen molar-refractivity contribution in [3.63, 3.8) is 0 Å². The molecule has 1 saturated heterocycles. The van der Waals surface area contributed by atoms with E-state index in [2.05, 4.69) is 32.3 Å². The molecular formula is C15H31NSi. The normalized spacial score (nSPS) is 20.2. The first-order valence-corrected chi connectivity index (χ1v) is 9.86. The predicted octanol–water partition coefficient (Wildman–Crippen LogP) is 4.08. The quantitative estimate of drug-likeness (QED) is 0.509. The second-order valence-electron chi connectivity index (χ2n) is 5.74. The maximum absolute atomic E-state index is 4.27. The smallest absolute Gasteiger partial charge is 0.0455 e. The zero-order chi connectivity index (χ0) is 12.7. The Balaban J connectivity index is 2.55. The van der Waals surface area contributed by atoms with Gasteiger partial charge in [0.05, 0.1) is 0 Å². The predicted molar refractivity (Wildman–Crippen MR) is 81.6 cm³/mol. The molecule has 0 radical (unpaired) electrons. The molecule has 0 amide bonds. The number of likely N-dealkylation sites (tertiary alicyclic amines) is 1. The second kappa shape index (κ2) is 8.10. The SMILES string of the molecule is C=C(C)C(CN1CCCCCC1)[SiH](CC)CC. The Morgan fingerprint density at radius 2 is 1.65 bits per heavy atom. The first-order chi connectivity index (χ1) is 8.19. The monoisotopic (exact) mass is 253 g/mol. The number of nitrogens with zero attached hydrogens (tertiary/aromatic N) is 1. The van der Waals surface area contributed by atoms with Crippen molar-refractivity contribution in [1.82, 2.24) is 4.90 Å². The van der Waals surface area contributed by atoms with Crippen molar-refractivity contribution >= 4 is 8.80 Å². The van der Waals surface area contributed by atoms with Crippen LogP contribution in [0.4, 0.5) is 0 Å². The van der Waals surface area contributed by atoms with E-state index in [9.17, 15) is 0 Å². The Kier molecular flexibility index (Phi) is 7.13. The maximum Gasteiger partial charge on any atom is 0.0455 e. The lowest BCUT2D eigenvalue weighted by atomic mass is 10.2. The number of hydrogen-bond donors (Lipinski definition) is 0. The highest BCUT2D eigenvalue weighted by molar-refractivity contribution is 6.61. The van der Waals surface area contributed by atoms with Crippen molar-refractivity contribution in [3.8, 4) is 0 Å². The molecule has 0 aliphatic carbocycles. The van der Waals surface area contributed by atoms with E-state index in [4.69, 9.17) is 0 Å². The fraction of sp³-hybridized carbons (Fsp3) is 0.867. The van der Waals surface area contributed by atoms with Crippen molar-refractivity contribution in [2.75, 3.05) is 19.6 Å². The Hall–Kier alpha value is -0.0831. The van der Waals surface area contributed by atoms with Crippen LogP contribution in [0.2, 0.25) is 17.6 Å². The molecule has 0 N–H and O–H groups in total. The summed E-state index contributed by atoms with van der Waals surface area (Å²) in [5.74, 6) is 0. The van der Waals surface area contributed by atoms with Gasteiger partial charge in [0, 0.05) is 15.3 Å². The van der Waals surface area contributed by atoms with Crippen LogP contribution in [0, 0.1) is 0 Å². The summed E-state index contributed by atoms with van der Waals surface area (Å²) in [6.45, 7) is 15.3. The molecule has 100 valence electrons. The topological polar surface area (TPSA) is 3.24 Å². The van der Waals surface area contributed by atoms with E-state index in [0.29, 0.717) is 0 Å². The molecule has 2 heteroatoms. The lowest BCUT2D eigenvalue weighted by Gasteiger charge is -2.31. The van der Waals surface area contributed by atoms with Gasteiger partial charge in [0.25, 0.3) is 0 Å². The summed E-state index contributed by atoms with van der Waals surface area (Å²) in [7, 11) is -0.592. The van der Waals surface area contributed by atoms with Crippen LogP contribution >= 0.6 is 0 Å². The summed E-state index contributed by atoms with van der Waals surface area (Å²) in [6, 6.07) is 2.86. The molecule has 1 unspecified atom stereocenters. The molecule has 0 aromatic carbocycles. The van der Waals surface area contributed by atoms with Crippen molar-refractivity contribution < 1.29 is 0 Å². The minimum absolute atomic E-state index is 0.592. The molecule has 1 aliphatic rings. The average molecular weight is 254 g/mol. The van der Waals surface area contributed by atoms with Gasteiger partial charge in [-0.1, -0.05) is 44.4 Å². The molecule has 1 rings (SSSR count). The van der Waals surface area contributed by atoms with Gasteiger partial charge in [0.2, 0.25) is 0 Å². The summed E-state index contributed by atoms with van der Waals surface area (Å²) in [6.07, 6.45) is 5.70. The van der Waals surface area contributed by atoms with Gasteiger partial charge in [-0.3, -0.25) is 0 Å². The lowest BCUT2D eigenvalue weighted by molar-refractivity contribution is 0.287. The highest BCUT2D eigenvalue weighted by Crippen LogP contribution is 2.26. The fourth-order valence-corrected chi connectivity index (χ4v) is 6.28. The molecule has 0 aromatic rings. The Morgan fingerprint density at radius 1 is 1.12 bits per heavy atom. The van der Waals surface area contributed by atoms with Gasteiger partial charge in [0.15, 0.2) is 0 Å². The summed E-state index contributed by atoms with van der Waals surface area (Å²) in [5.41, 5.74) is 2.30. The first-order valence-electron chi connectivity index (χ1n) is 7.56. The number of rotatable bonds is 6. The third-order valence-corrected chi connectivity index (χ3v) is 8.42. The second-order valence-corrected chi connectivity index (χ2v) is 9.70. The average Bonchev–Trinajstić information content (AvgIpc) is 2.57. The largest absolute Gasteiger partial charge is 0.303 e. The van der Waals surface area contributed by atoms with E-state index < -0.39 is 8.80 Å². The van der Waals surface area contributed by atoms with Gasteiger partial charge >= 0.3 is 0 Å². The molecule has 1 atom stereocenters. The fourth-order valence-electron chi connectivity index (χ4n) is 3.16. The molecule has 1 aliphatic heterocycles. The molecule has 0 aromatic heterocycles. The van der Waals surface area contributed by atoms with Gasteiger partial charge in [-0.05, 0) is 38.4 Å². The zero-order valence-corrected chi connectivity index (χ0v) is 13.3. The minimum atomic E-state index is -0.592. The van der Waals surface area contributed by atoms with Crippen molar-refractivity contribution in [2.24, 2.45) is 0 Å². The van der Waals surface area contributed by atoms with E-state index in [1.807, 2.05) is 0 Å². The van der Waals surface area contributed by atoms with Gasteiger partial charge in [-0.2, -0.15) is 0 Å². The van der Waals surface area contributed by atoms with Crippen LogP contribution in [0.1, 0.15) is 46.5 Å². The Bertz CT molecular complexity index is 215. The summed E-state index contributed by atoms with van der Waals surface area (Å²) < 4.78 is 0. The van der Waals surface area contributed by atoms with Crippen LogP contribution in [-0.4, -0.2) is 33.3 Å². The van der Waals surface area contributed by atoms with Gasteiger partial charge < -0.3 is 4.90 Å². The van der Waals surface area contributed by atoms with E-state index in [1.54, 1.807) is 0 Å². The molecule has 0 bridgehead atoms. The van der Waals surface area contributed by atoms with Crippen LogP contribution in [0.15, 0.2) is 12.2 Å². The molecule has 1 fully saturated rings. The third kappa shape index (κ3) is 4.97. The maximum atomic E-state index is 4.27. The summed E-state index contributed by atoms with van der Waals surface area (Å²) in [5, 5.41) is 0. The molecule has 17 heavy (non-hydrogen) atoms. The lowest BCUT2D eigenvalue weighted by Crippen LogP contribution is -2.34. The highest BCUT2D eigenvalue weighted by atomic mass is 28.3. The van der Waals surface area contributed by atoms with Crippen LogP contribution in [-0.2, 0) is 0 Å². The molecular weight excluding hydrogens is 222 g/mol. The zero-order valence-electron chi connectivity index (χ0n) is 12.2. The van der Waals surface area contributed by atoms with Crippen molar-refractivity contribution in [1.29, 1.82) is 0 Å². The van der Waals surface area contributed by atoms with Crippen molar-refractivity contribution in [3.05, 3.63) is 12.2 Å². The minimum Gasteiger partial charge on any atom is -0.303 e. The summed E-state index contributed by atoms with van der Waals surface area (Å²) >= 11 is 0. The Labute approximate surface area is 110 Å². The third-order valence-electron chi connectivity index (χ3n) is 4.40. The molecule has 1 heterocycles. The highest BCUT2D eigenvalue weighted by Gasteiger charge is 2.23. The van der Waals surface area contributed by atoms with Crippen LogP contribution < -0.4 is 0 Å². The van der Waals surface area contributed by atoms with E-state index in [1.165, 1.54) is 63.0 Å². The van der Waals surface area contributed by atoms with Crippen LogP contribution in [0.5, 0.6) is 0 Å². The summed E-state index contributed by atoms with van der Waals surface area (Å²) in [4.78, 5) is 2.72. The van der Waals surface area contributed by atoms with E-state index in [-0.39, 0.29) is 0 Å². The molecule has 0 spiro atoms. The molecule has 1 nitrogen and oxygen atoms in total. The van der Waals surface area contributed by atoms with Crippen molar-refractivity contribution in [2.45, 2.75) is 64.1 Å². The number of hydrogen-bond acceptors (Lipinski definition) is 1. The van der Waals surface area contributed by atoms with E-state index in [0.717, 1.165) is 5.54 Å². The van der Waals surface area contributed by atoms with Gasteiger partial charge in [-0.25, -0.2) is 0 Å². The van der Waals surface area contributed by atoms with Gasteiger partial charge in [0.1, 0.15) is 0 Å². The van der Waals surface area contributed by atoms with Crippen LogP contribution in [0.3, 0.4) is 0 Å². The first kappa shape index (κ1) is 15.0. The Morgan fingerprint density at radius 3 is 2.06 bits per heavy atom. The van der Waals surface area contributed by atoms with Crippen LogP contribution in [0.25, 0.3) is 0 Å². The molecule has 0 saturated carbocycles. The van der Waals surface area contributed by atoms with Gasteiger partial charge in [-0.15, -0.1) is 6.58 Å².